The maximum Gasteiger partial charge on any atom is 0.261 e. The summed E-state index contributed by atoms with van der Waals surface area (Å²) in [5.41, 5.74) is 1.07. The minimum absolute atomic E-state index is 0.0541. The van der Waals surface area contributed by atoms with Crippen LogP contribution < -0.4 is 5.32 Å². The van der Waals surface area contributed by atoms with E-state index in [0.717, 1.165) is 22.6 Å². The first-order valence-electron chi connectivity index (χ1n) is 8.09. The van der Waals surface area contributed by atoms with Crippen LogP contribution in [0.1, 0.15) is 39.1 Å². The van der Waals surface area contributed by atoms with Crippen LogP contribution in [-0.4, -0.2) is 29.2 Å². The van der Waals surface area contributed by atoms with Crippen molar-refractivity contribution in [3.63, 3.8) is 0 Å². The Morgan fingerprint density at radius 3 is 2.38 bits per heavy atom. The minimum atomic E-state index is -0.867. The fraction of sp³-hybridized carbons (Fsp3) is 0.211. The van der Waals surface area contributed by atoms with Crippen molar-refractivity contribution in [1.29, 1.82) is 0 Å². The number of hydrogen-bond acceptors (Lipinski definition) is 3. The molecular weight excluding hydrogens is 342 g/mol. The Morgan fingerprint density at radius 2 is 1.69 bits per heavy atom. The largest absolute Gasteiger partial charge is 0.321 e. The Labute approximate surface area is 148 Å². The van der Waals surface area contributed by atoms with Gasteiger partial charge >= 0.3 is 0 Å². The number of fused-ring (bicyclic) bond motifs is 1. The lowest BCUT2D eigenvalue weighted by Crippen LogP contribution is -2.31. The van der Waals surface area contributed by atoms with Gasteiger partial charge in [-0.05, 0) is 37.6 Å². The number of carbonyl (C=O) groups is 3. The van der Waals surface area contributed by atoms with Gasteiger partial charge in [0.1, 0.15) is 17.3 Å². The van der Waals surface area contributed by atoms with Crippen molar-refractivity contribution in [3.05, 3.63) is 64.7 Å². The summed E-state index contributed by atoms with van der Waals surface area (Å²) in [6, 6.07) is 8.30. The molecule has 0 spiro atoms. The highest BCUT2D eigenvalue weighted by molar-refractivity contribution is 6.21. The second-order valence-corrected chi connectivity index (χ2v) is 6.06. The molecule has 1 heterocycles. The van der Waals surface area contributed by atoms with Gasteiger partial charge in [-0.25, -0.2) is 8.78 Å². The number of carbonyl (C=O) groups excluding carboxylic acids is 3. The number of nitrogens with one attached hydrogen (secondary N) is 1. The first-order valence-corrected chi connectivity index (χ1v) is 8.09. The predicted octanol–water partition coefficient (Wildman–Crippen LogP) is 3.29. The van der Waals surface area contributed by atoms with Crippen LogP contribution in [-0.2, 0) is 4.79 Å². The number of benzene rings is 2. The van der Waals surface area contributed by atoms with Gasteiger partial charge in [0, 0.05) is 13.0 Å². The van der Waals surface area contributed by atoms with Gasteiger partial charge in [0.15, 0.2) is 0 Å². The maximum atomic E-state index is 13.5. The number of amides is 3. The molecule has 3 rings (SSSR count). The lowest BCUT2D eigenvalue weighted by molar-refractivity contribution is -0.116. The second kappa shape index (κ2) is 7.03. The molecule has 1 aliphatic rings. The fourth-order valence-corrected chi connectivity index (χ4v) is 2.82. The van der Waals surface area contributed by atoms with E-state index in [4.69, 9.17) is 0 Å². The molecule has 26 heavy (non-hydrogen) atoms. The van der Waals surface area contributed by atoms with Gasteiger partial charge in [-0.3, -0.25) is 19.3 Å². The summed E-state index contributed by atoms with van der Waals surface area (Å²) in [6.07, 6.45) is 0.104. The molecule has 1 N–H and O–H groups in total. The van der Waals surface area contributed by atoms with Crippen LogP contribution in [0.3, 0.4) is 0 Å². The van der Waals surface area contributed by atoms with Crippen molar-refractivity contribution < 1.29 is 23.2 Å². The molecule has 1 aliphatic heterocycles. The van der Waals surface area contributed by atoms with E-state index < -0.39 is 35.0 Å². The van der Waals surface area contributed by atoms with Gasteiger partial charge in [-0.2, -0.15) is 0 Å². The number of nitrogens with zero attached hydrogens (tertiary/aromatic N) is 1. The zero-order valence-corrected chi connectivity index (χ0v) is 14.0. The third-order valence-corrected chi connectivity index (χ3v) is 4.14. The SMILES string of the molecule is Cc1ccc2c(c1)C(=O)N(CCCC(=O)Nc1c(F)cccc1F)C2=O. The molecule has 7 heteroatoms. The Morgan fingerprint density at radius 1 is 1.04 bits per heavy atom. The van der Waals surface area contributed by atoms with Crippen molar-refractivity contribution in [3.8, 4) is 0 Å². The lowest BCUT2D eigenvalue weighted by atomic mass is 10.1. The summed E-state index contributed by atoms with van der Waals surface area (Å²) >= 11 is 0. The predicted molar refractivity (Wildman–Crippen MR) is 90.8 cm³/mol. The third kappa shape index (κ3) is 3.33. The van der Waals surface area contributed by atoms with E-state index >= 15 is 0 Å². The molecule has 0 saturated heterocycles. The van der Waals surface area contributed by atoms with E-state index in [0.29, 0.717) is 11.1 Å². The van der Waals surface area contributed by atoms with Gasteiger partial charge in [0.2, 0.25) is 5.91 Å². The molecule has 0 aromatic heterocycles. The Balaban J connectivity index is 1.58. The normalized spacial score (nSPS) is 13.1. The van der Waals surface area contributed by atoms with E-state index in [1.54, 1.807) is 18.2 Å². The Hall–Kier alpha value is -3.09. The molecule has 0 fully saturated rings. The number of imide groups is 1. The first-order chi connectivity index (χ1) is 12.4. The van der Waals surface area contributed by atoms with Crippen LogP contribution in [0.2, 0.25) is 0 Å². The molecule has 0 radical (unpaired) electrons. The van der Waals surface area contributed by atoms with Gasteiger partial charge < -0.3 is 5.32 Å². The third-order valence-electron chi connectivity index (χ3n) is 4.14. The van der Waals surface area contributed by atoms with Crippen LogP contribution in [0.4, 0.5) is 14.5 Å². The zero-order valence-electron chi connectivity index (χ0n) is 14.0. The highest BCUT2D eigenvalue weighted by Gasteiger charge is 2.34. The van der Waals surface area contributed by atoms with E-state index in [-0.39, 0.29) is 19.4 Å². The quantitative estimate of drug-likeness (QED) is 0.834. The molecule has 0 aliphatic carbocycles. The molecule has 2 aromatic carbocycles. The number of halogens is 2. The number of rotatable bonds is 5. The molecule has 3 amide bonds. The number of anilines is 1. The minimum Gasteiger partial charge on any atom is -0.321 e. The molecule has 134 valence electrons. The van der Waals surface area contributed by atoms with E-state index in [9.17, 15) is 23.2 Å². The van der Waals surface area contributed by atoms with Crippen molar-refractivity contribution in [2.24, 2.45) is 0 Å². The van der Waals surface area contributed by atoms with Crippen molar-refractivity contribution in [2.75, 3.05) is 11.9 Å². The summed E-state index contributed by atoms with van der Waals surface area (Å²) in [7, 11) is 0. The molecule has 0 unspecified atom stereocenters. The van der Waals surface area contributed by atoms with Crippen LogP contribution in [0.15, 0.2) is 36.4 Å². The Kier molecular flexibility index (Phi) is 4.79. The first kappa shape index (κ1) is 17.7. The molecule has 0 atom stereocenters. The van der Waals surface area contributed by atoms with E-state index in [1.807, 2.05) is 6.92 Å². The van der Waals surface area contributed by atoms with Crippen LogP contribution in [0.25, 0.3) is 0 Å². The van der Waals surface area contributed by atoms with Crippen LogP contribution in [0.5, 0.6) is 0 Å². The topological polar surface area (TPSA) is 66.5 Å². The smallest absolute Gasteiger partial charge is 0.261 e. The average molecular weight is 358 g/mol. The number of para-hydroxylation sites is 1. The summed E-state index contributed by atoms with van der Waals surface area (Å²) in [5.74, 6) is -3.12. The molecular formula is C19H16F2N2O3. The van der Waals surface area contributed by atoms with Crippen molar-refractivity contribution in [1.82, 2.24) is 4.90 Å². The van der Waals surface area contributed by atoms with Gasteiger partial charge in [0.05, 0.1) is 11.1 Å². The molecule has 5 nitrogen and oxygen atoms in total. The summed E-state index contributed by atoms with van der Waals surface area (Å²) in [6.45, 7) is 1.88. The van der Waals surface area contributed by atoms with E-state index in [2.05, 4.69) is 5.32 Å². The zero-order chi connectivity index (χ0) is 18.8. The Bertz CT molecular complexity index is 891. The molecule has 0 bridgehead atoms. The highest BCUT2D eigenvalue weighted by Crippen LogP contribution is 2.24. The summed E-state index contributed by atoms with van der Waals surface area (Å²) < 4.78 is 27.0. The second-order valence-electron chi connectivity index (χ2n) is 6.06. The monoisotopic (exact) mass is 358 g/mol. The van der Waals surface area contributed by atoms with Crippen LogP contribution >= 0.6 is 0 Å². The summed E-state index contributed by atoms with van der Waals surface area (Å²) in [5, 5.41) is 2.17. The molecule has 2 aromatic rings. The average Bonchev–Trinajstić information content (AvgIpc) is 2.82. The van der Waals surface area contributed by atoms with Crippen LogP contribution in [0, 0.1) is 18.6 Å². The number of hydrogen-bond donors (Lipinski definition) is 1. The maximum absolute atomic E-state index is 13.5. The van der Waals surface area contributed by atoms with Gasteiger partial charge in [-0.15, -0.1) is 0 Å². The van der Waals surface area contributed by atoms with Crippen molar-refractivity contribution in [2.45, 2.75) is 19.8 Å². The van der Waals surface area contributed by atoms with E-state index in [1.165, 1.54) is 6.07 Å². The van der Waals surface area contributed by atoms with Gasteiger partial charge in [-0.1, -0.05) is 17.7 Å². The van der Waals surface area contributed by atoms with Crippen molar-refractivity contribution >= 4 is 23.4 Å². The summed E-state index contributed by atoms with van der Waals surface area (Å²) in [4.78, 5) is 37.6. The van der Waals surface area contributed by atoms with Gasteiger partial charge in [0.25, 0.3) is 11.8 Å². The standard InChI is InChI=1S/C19H16F2N2O3/c1-11-7-8-12-13(10-11)19(26)23(18(12)25)9-3-6-16(24)22-17-14(20)4-2-5-15(17)21/h2,4-5,7-8,10H,3,6,9H2,1H3,(H,22,24). The number of aryl methyl sites for hydroxylation is 1. The molecule has 0 saturated carbocycles. The highest BCUT2D eigenvalue weighted by atomic mass is 19.1. The lowest BCUT2D eigenvalue weighted by Gasteiger charge is -2.13. The fourth-order valence-electron chi connectivity index (χ4n) is 2.82.